The predicted molar refractivity (Wildman–Crippen MR) is 50.8 cm³/mol. The maximum Gasteiger partial charge on any atom is 0.222 e. The fraction of sp³-hybridized carbons (Fsp3) is 0.778. The smallest absolute Gasteiger partial charge is 0.222 e. The maximum absolute atomic E-state index is 11.1. The first-order chi connectivity index (χ1) is 6.02. The molecule has 3 N–H and O–H groups in total. The first-order valence-electron chi connectivity index (χ1n) is 4.53. The van der Waals surface area contributed by atoms with Gasteiger partial charge in [0.1, 0.15) is 0 Å². The summed E-state index contributed by atoms with van der Waals surface area (Å²) in [6.07, 6.45) is 1.22. The predicted octanol–water partition coefficient (Wildman–Crippen LogP) is 0.270. The van der Waals surface area contributed by atoms with Crippen molar-refractivity contribution in [3.8, 4) is 0 Å². The SMILES string of the molecule is CCC(CC(C)C(=O)NC)C(N)=O. The third kappa shape index (κ3) is 3.92. The molecule has 0 aliphatic rings. The third-order valence-corrected chi connectivity index (χ3v) is 2.23. The molecule has 4 heteroatoms. The highest BCUT2D eigenvalue weighted by Gasteiger charge is 2.20. The van der Waals surface area contributed by atoms with Crippen LogP contribution in [0.15, 0.2) is 0 Å². The minimum Gasteiger partial charge on any atom is -0.369 e. The molecule has 0 rings (SSSR count). The second-order valence-corrected chi connectivity index (χ2v) is 3.26. The number of nitrogens with one attached hydrogen (secondary N) is 1. The van der Waals surface area contributed by atoms with E-state index in [1.807, 2.05) is 6.92 Å². The lowest BCUT2D eigenvalue weighted by Gasteiger charge is -2.15. The van der Waals surface area contributed by atoms with Crippen molar-refractivity contribution >= 4 is 11.8 Å². The van der Waals surface area contributed by atoms with E-state index >= 15 is 0 Å². The van der Waals surface area contributed by atoms with Gasteiger partial charge in [-0.2, -0.15) is 0 Å². The number of hydrogen-bond acceptors (Lipinski definition) is 2. The van der Waals surface area contributed by atoms with Crippen molar-refractivity contribution in [1.29, 1.82) is 0 Å². The van der Waals surface area contributed by atoms with Crippen LogP contribution in [0.25, 0.3) is 0 Å². The van der Waals surface area contributed by atoms with Crippen LogP contribution in [0.5, 0.6) is 0 Å². The Hall–Kier alpha value is -1.06. The molecular formula is C9H18N2O2. The Kier molecular flexibility index (Phi) is 5.11. The third-order valence-electron chi connectivity index (χ3n) is 2.23. The molecule has 2 atom stereocenters. The van der Waals surface area contributed by atoms with Gasteiger partial charge >= 0.3 is 0 Å². The number of rotatable bonds is 5. The van der Waals surface area contributed by atoms with Crippen LogP contribution in [0.4, 0.5) is 0 Å². The second kappa shape index (κ2) is 5.56. The van der Waals surface area contributed by atoms with Gasteiger partial charge in [-0.1, -0.05) is 13.8 Å². The van der Waals surface area contributed by atoms with Crippen molar-refractivity contribution in [1.82, 2.24) is 5.32 Å². The molecule has 13 heavy (non-hydrogen) atoms. The molecule has 0 aliphatic carbocycles. The normalized spacial score (nSPS) is 14.7. The Balaban J connectivity index is 4.08. The van der Waals surface area contributed by atoms with Crippen molar-refractivity contribution in [2.75, 3.05) is 7.05 Å². The van der Waals surface area contributed by atoms with E-state index in [2.05, 4.69) is 5.32 Å². The van der Waals surface area contributed by atoms with E-state index in [-0.39, 0.29) is 23.7 Å². The van der Waals surface area contributed by atoms with Crippen molar-refractivity contribution in [3.63, 3.8) is 0 Å². The van der Waals surface area contributed by atoms with Gasteiger partial charge < -0.3 is 11.1 Å². The van der Waals surface area contributed by atoms with E-state index < -0.39 is 0 Å². The average Bonchev–Trinajstić information content (AvgIpc) is 2.11. The summed E-state index contributed by atoms with van der Waals surface area (Å²) >= 11 is 0. The number of nitrogens with two attached hydrogens (primary N) is 1. The zero-order valence-electron chi connectivity index (χ0n) is 8.46. The molecule has 0 radical (unpaired) electrons. The van der Waals surface area contributed by atoms with Gasteiger partial charge in [-0.05, 0) is 12.8 Å². The Labute approximate surface area is 78.9 Å². The molecule has 0 fully saturated rings. The van der Waals surface area contributed by atoms with Gasteiger partial charge in [0.15, 0.2) is 0 Å². The van der Waals surface area contributed by atoms with Crippen LogP contribution >= 0.6 is 0 Å². The summed E-state index contributed by atoms with van der Waals surface area (Å²) in [6.45, 7) is 3.69. The summed E-state index contributed by atoms with van der Waals surface area (Å²) in [5.41, 5.74) is 5.17. The zero-order chi connectivity index (χ0) is 10.4. The number of carbonyl (C=O) groups excluding carboxylic acids is 2. The largest absolute Gasteiger partial charge is 0.369 e. The van der Waals surface area contributed by atoms with Crippen molar-refractivity contribution < 1.29 is 9.59 Å². The summed E-state index contributed by atoms with van der Waals surface area (Å²) in [6, 6.07) is 0. The van der Waals surface area contributed by atoms with Gasteiger partial charge in [0.25, 0.3) is 0 Å². The van der Waals surface area contributed by atoms with Crippen LogP contribution in [0.2, 0.25) is 0 Å². The Bertz CT molecular complexity index is 192. The lowest BCUT2D eigenvalue weighted by Crippen LogP contribution is -2.31. The quantitative estimate of drug-likeness (QED) is 0.647. The zero-order valence-corrected chi connectivity index (χ0v) is 8.46. The highest BCUT2D eigenvalue weighted by molar-refractivity contribution is 5.80. The standard InChI is InChI=1S/C9H18N2O2/c1-4-7(8(10)12)5-6(2)9(13)11-3/h6-7H,4-5H2,1-3H3,(H2,10,12)(H,11,13). The molecule has 2 unspecified atom stereocenters. The summed E-state index contributed by atoms with van der Waals surface area (Å²) < 4.78 is 0. The van der Waals surface area contributed by atoms with Crippen LogP contribution < -0.4 is 11.1 Å². The van der Waals surface area contributed by atoms with E-state index in [0.29, 0.717) is 12.8 Å². The number of primary amides is 1. The fourth-order valence-electron chi connectivity index (χ4n) is 1.26. The van der Waals surface area contributed by atoms with Gasteiger partial charge in [0, 0.05) is 18.9 Å². The molecule has 0 spiro atoms. The molecule has 0 aromatic rings. The lowest BCUT2D eigenvalue weighted by molar-refractivity contribution is -0.126. The Morgan fingerprint density at radius 1 is 1.46 bits per heavy atom. The van der Waals surface area contributed by atoms with Crippen LogP contribution in [-0.2, 0) is 9.59 Å². The minimum absolute atomic E-state index is 0.0419. The molecular weight excluding hydrogens is 168 g/mol. The molecule has 2 amide bonds. The topological polar surface area (TPSA) is 72.2 Å². The van der Waals surface area contributed by atoms with E-state index in [1.165, 1.54) is 0 Å². The lowest BCUT2D eigenvalue weighted by atomic mass is 9.93. The van der Waals surface area contributed by atoms with E-state index in [1.54, 1.807) is 14.0 Å². The van der Waals surface area contributed by atoms with Gasteiger partial charge in [-0.3, -0.25) is 9.59 Å². The second-order valence-electron chi connectivity index (χ2n) is 3.26. The van der Waals surface area contributed by atoms with Crippen molar-refractivity contribution in [2.45, 2.75) is 26.7 Å². The fourth-order valence-corrected chi connectivity index (χ4v) is 1.26. The molecule has 0 saturated heterocycles. The molecule has 0 bridgehead atoms. The summed E-state index contributed by atoms with van der Waals surface area (Å²) in [4.78, 5) is 22.0. The van der Waals surface area contributed by atoms with Crippen LogP contribution in [-0.4, -0.2) is 18.9 Å². The van der Waals surface area contributed by atoms with Crippen LogP contribution in [0.1, 0.15) is 26.7 Å². The first kappa shape index (κ1) is 11.9. The first-order valence-corrected chi connectivity index (χ1v) is 4.53. The highest BCUT2D eigenvalue weighted by atomic mass is 16.2. The molecule has 0 aromatic heterocycles. The van der Waals surface area contributed by atoms with E-state index in [9.17, 15) is 9.59 Å². The van der Waals surface area contributed by atoms with Crippen molar-refractivity contribution in [2.24, 2.45) is 17.6 Å². The molecule has 0 heterocycles. The van der Waals surface area contributed by atoms with E-state index in [0.717, 1.165) is 0 Å². The summed E-state index contributed by atoms with van der Waals surface area (Å²) in [5.74, 6) is -0.701. The molecule has 0 aliphatic heterocycles. The van der Waals surface area contributed by atoms with Crippen LogP contribution in [0, 0.1) is 11.8 Å². The van der Waals surface area contributed by atoms with E-state index in [4.69, 9.17) is 5.73 Å². The van der Waals surface area contributed by atoms with Crippen molar-refractivity contribution in [3.05, 3.63) is 0 Å². The van der Waals surface area contributed by atoms with Crippen LogP contribution in [0.3, 0.4) is 0 Å². The average molecular weight is 186 g/mol. The van der Waals surface area contributed by atoms with Gasteiger partial charge in [-0.25, -0.2) is 0 Å². The minimum atomic E-state index is -0.321. The Morgan fingerprint density at radius 3 is 2.31 bits per heavy atom. The Morgan fingerprint density at radius 2 is 2.00 bits per heavy atom. The number of amides is 2. The summed E-state index contributed by atoms with van der Waals surface area (Å²) in [5, 5.41) is 2.54. The van der Waals surface area contributed by atoms with Gasteiger partial charge in [0.05, 0.1) is 0 Å². The molecule has 76 valence electrons. The van der Waals surface area contributed by atoms with Gasteiger partial charge in [0.2, 0.25) is 11.8 Å². The number of hydrogen-bond donors (Lipinski definition) is 2. The summed E-state index contributed by atoms with van der Waals surface area (Å²) in [7, 11) is 1.59. The van der Waals surface area contributed by atoms with Gasteiger partial charge in [-0.15, -0.1) is 0 Å². The molecule has 4 nitrogen and oxygen atoms in total. The molecule has 0 aromatic carbocycles. The monoisotopic (exact) mass is 186 g/mol. The highest BCUT2D eigenvalue weighted by Crippen LogP contribution is 2.14. The molecule has 0 saturated carbocycles. The number of carbonyl (C=O) groups is 2. The maximum atomic E-state index is 11.1.